The van der Waals surface area contributed by atoms with E-state index in [9.17, 15) is 9.59 Å². The van der Waals surface area contributed by atoms with E-state index in [4.69, 9.17) is 9.47 Å². The molecule has 0 aliphatic carbocycles. The second-order valence-electron chi connectivity index (χ2n) is 6.30. The smallest absolute Gasteiger partial charge is 0.330 e. The highest BCUT2D eigenvalue weighted by Gasteiger charge is 2.10. The molecule has 0 bridgehead atoms. The lowest BCUT2D eigenvalue weighted by Gasteiger charge is -2.11. The minimum atomic E-state index is -0.207. The molecule has 0 fully saturated rings. The Labute approximate surface area is 162 Å². The van der Waals surface area contributed by atoms with Gasteiger partial charge in [0.05, 0.1) is 19.9 Å². The Kier molecular flexibility index (Phi) is 5.84. The van der Waals surface area contributed by atoms with Crippen molar-refractivity contribution in [2.24, 2.45) is 0 Å². The van der Waals surface area contributed by atoms with Crippen LogP contribution in [0.15, 0.2) is 53.5 Å². The standard InChI is InChI=1S/C21H23N3O4/c1-14-13-23-21(26)24(14)17-6-4-15(5-7-17)20(25)22-11-10-16-12-18(27-2)8-9-19(16)28-3/h4-9,12-13H,10-11H2,1-3H3,(H,22,25)(H,23,26). The van der Waals surface area contributed by atoms with Crippen LogP contribution in [0.2, 0.25) is 0 Å². The number of amides is 1. The van der Waals surface area contributed by atoms with Gasteiger partial charge in [-0.3, -0.25) is 9.36 Å². The van der Waals surface area contributed by atoms with Crippen molar-refractivity contribution in [1.29, 1.82) is 0 Å². The van der Waals surface area contributed by atoms with Crippen molar-refractivity contribution in [2.75, 3.05) is 20.8 Å². The summed E-state index contributed by atoms with van der Waals surface area (Å²) in [5.41, 5.74) is 2.79. The van der Waals surface area contributed by atoms with E-state index in [1.165, 1.54) is 0 Å². The van der Waals surface area contributed by atoms with E-state index < -0.39 is 0 Å². The molecule has 0 spiro atoms. The zero-order valence-corrected chi connectivity index (χ0v) is 16.1. The van der Waals surface area contributed by atoms with Crippen molar-refractivity contribution in [3.8, 4) is 17.2 Å². The fourth-order valence-electron chi connectivity index (χ4n) is 3.03. The van der Waals surface area contributed by atoms with Crippen molar-refractivity contribution in [3.05, 3.63) is 76.0 Å². The molecule has 0 radical (unpaired) electrons. The zero-order valence-electron chi connectivity index (χ0n) is 16.1. The Morgan fingerprint density at radius 2 is 1.86 bits per heavy atom. The van der Waals surface area contributed by atoms with Crippen molar-refractivity contribution < 1.29 is 14.3 Å². The van der Waals surface area contributed by atoms with E-state index in [1.54, 1.807) is 49.2 Å². The third-order valence-corrected chi connectivity index (χ3v) is 4.52. The van der Waals surface area contributed by atoms with E-state index in [0.717, 1.165) is 22.8 Å². The van der Waals surface area contributed by atoms with Crippen molar-refractivity contribution >= 4 is 5.91 Å². The number of carbonyl (C=O) groups is 1. The lowest BCUT2D eigenvalue weighted by molar-refractivity contribution is 0.0954. The normalized spacial score (nSPS) is 10.5. The molecule has 0 unspecified atom stereocenters. The van der Waals surface area contributed by atoms with Crippen molar-refractivity contribution in [3.63, 3.8) is 0 Å². The first-order valence-corrected chi connectivity index (χ1v) is 8.90. The summed E-state index contributed by atoms with van der Waals surface area (Å²) in [6.07, 6.45) is 2.26. The molecule has 7 nitrogen and oxygen atoms in total. The summed E-state index contributed by atoms with van der Waals surface area (Å²) >= 11 is 0. The average molecular weight is 381 g/mol. The molecule has 1 aromatic heterocycles. The number of imidazole rings is 1. The van der Waals surface area contributed by atoms with Gasteiger partial charge in [-0.2, -0.15) is 0 Å². The molecule has 0 aliphatic heterocycles. The zero-order chi connectivity index (χ0) is 20.1. The van der Waals surface area contributed by atoms with Gasteiger partial charge in [0.2, 0.25) is 0 Å². The van der Waals surface area contributed by atoms with E-state index >= 15 is 0 Å². The Balaban J connectivity index is 1.64. The maximum atomic E-state index is 12.4. The summed E-state index contributed by atoms with van der Waals surface area (Å²) in [6, 6.07) is 12.5. The lowest BCUT2D eigenvalue weighted by Crippen LogP contribution is -2.26. The number of H-pyrrole nitrogens is 1. The van der Waals surface area contributed by atoms with Crippen LogP contribution in [0.1, 0.15) is 21.6 Å². The molecule has 1 amide bonds. The Bertz CT molecular complexity index is 1020. The summed E-state index contributed by atoms with van der Waals surface area (Å²) < 4.78 is 12.1. The topological polar surface area (TPSA) is 85.3 Å². The predicted octanol–water partition coefficient (Wildman–Crippen LogP) is 2.46. The maximum absolute atomic E-state index is 12.4. The second-order valence-corrected chi connectivity index (χ2v) is 6.30. The number of benzene rings is 2. The number of aromatic amines is 1. The molecular weight excluding hydrogens is 358 g/mol. The number of aromatic nitrogens is 2. The Morgan fingerprint density at radius 1 is 1.11 bits per heavy atom. The van der Waals surface area contributed by atoms with Crippen LogP contribution in [0.5, 0.6) is 11.5 Å². The molecule has 0 atom stereocenters. The molecule has 3 aromatic rings. The van der Waals surface area contributed by atoms with E-state index in [1.807, 2.05) is 25.1 Å². The third-order valence-electron chi connectivity index (χ3n) is 4.52. The molecule has 3 rings (SSSR count). The largest absolute Gasteiger partial charge is 0.497 e. The first kappa shape index (κ1) is 19.3. The first-order chi connectivity index (χ1) is 13.5. The van der Waals surface area contributed by atoms with Crippen LogP contribution in [0.3, 0.4) is 0 Å². The van der Waals surface area contributed by atoms with E-state index in [0.29, 0.717) is 24.2 Å². The first-order valence-electron chi connectivity index (χ1n) is 8.90. The van der Waals surface area contributed by atoms with Gasteiger partial charge in [0.25, 0.3) is 5.91 Å². The fraction of sp³-hybridized carbons (Fsp3) is 0.238. The van der Waals surface area contributed by atoms with Gasteiger partial charge in [0, 0.05) is 24.0 Å². The highest BCUT2D eigenvalue weighted by molar-refractivity contribution is 5.94. The summed E-state index contributed by atoms with van der Waals surface area (Å²) in [7, 11) is 3.23. The minimum absolute atomic E-state index is 0.174. The molecule has 146 valence electrons. The number of rotatable bonds is 7. The average Bonchev–Trinajstić information content (AvgIpc) is 3.06. The molecule has 2 aromatic carbocycles. The molecule has 28 heavy (non-hydrogen) atoms. The number of nitrogens with one attached hydrogen (secondary N) is 2. The number of aryl methyl sites for hydroxylation is 1. The lowest BCUT2D eigenvalue weighted by atomic mass is 10.1. The molecule has 0 saturated heterocycles. The van der Waals surface area contributed by atoms with Crippen LogP contribution in [-0.4, -0.2) is 36.2 Å². The maximum Gasteiger partial charge on any atom is 0.330 e. The number of hydrogen-bond donors (Lipinski definition) is 2. The summed E-state index contributed by atoms with van der Waals surface area (Å²) in [4.78, 5) is 26.9. The molecule has 0 saturated carbocycles. The van der Waals surface area contributed by atoms with E-state index in [-0.39, 0.29) is 11.6 Å². The molecule has 0 aliphatic rings. The van der Waals surface area contributed by atoms with Crippen LogP contribution in [0, 0.1) is 6.92 Å². The van der Waals surface area contributed by atoms with Gasteiger partial charge in [0.15, 0.2) is 0 Å². The SMILES string of the molecule is COc1ccc(OC)c(CCNC(=O)c2ccc(-n3c(C)c[nH]c3=O)cc2)c1. The molecular formula is C21H23N3O4. The van der Waals surface area contributed by atoms with Gasteiger partial charge in [-0.1, -0.05) is 0 Å². The predicted molar refractivity (Wildman–Crippen MR) is 107 cm³/mol. The number of ether oxygens (including phenoxy) is 2. The van der Waals surface area contributed by atoms with Crippen LogP contribution >= 0.6 is 0 Å². The quantitative estimate of drug-likeness (QED) is 0.658. The van der Waals surface area contributed by atoms with Gasteiger partial charge in [-0.05, 0) is 61.4 Å². The van der Waals surface area contributed by atoms with Gasteiger partial charge in [-0.15, -0.1) is 0 Å². The van der Waals surface area contributed by atoms with Gasteiger partial charge < -0.3 is 19.8 Å². The molecule has 7 heteroatoms. The van der Waals surface area contributed by atoms with Crippen molar-refractivity contribution in [2.45, 2.75) is 13.3 Å². The summed E-state index contributed by atoms with van der Waals surface area (Å²) in [6.45, 7) is 2.30. The highest BCUT2D eigenvalue weighted by Crippen LogP contribution is 2.24. The summed E-state index contributed by atoms with van der Waals surface area (Å²) in [5, 5.41) is 2.90. The molecule has 1 heterocycles. The van der Waals surface area contributed by atoms with Gasteiger partial charge in [-0.25, -0.2) is 4.79 Å². The second kappa shape index (κ2) is 8.47. The Morgan fingerprint density at radius 3 is 2.46 bits per heavy atom. The van der Waals surface area contributed by atoms with Crippen LogP contribution in [-0.2, 0) is 6.42 Å². The van der Waals surface area contributed by atoms with Gasteiger partial charge in [0.1, 0.15) is 11.5 Å². The van der Waals surface area contributed by atoms with Crippen LogP contribution in [0.25, 0.3) is 5.69 Å². The van der Waals surface area contributed by atoms with Crippen LogP contribution in [0.4, 0.5) is 0 Å². The Hall–Kier alpha value is -3.48. The van der Waals surface area contributed by atoms with Crippen LogP contribution < -0.4 is 20.5 Å². The van der Waals surface area contributed by atoms with Crippen molar-refractivity contribution in [1.82, 2.24) is 14.9 Å². The van der Waals surface area contributed by atoms with E-state index in [2.05, 4.69) is 10.3 Å². The number of methoxy groups -OCH3 is 2. The van der Waals surface area contributed by atoms with Gasteiger partial charge >= 0.3 is 5.69 Å². The number of nitrogens with zero attached hydrogens (tertiary/aromatic N) is 1. The summed E-state index contributed by atoms with van der Waals surface area (Å²) in [5.74, 6) is 1.33. The molecule has 2 N–H and O–H groups in total. The monoisotopic (exact) mass is 381 g/mol. The number of hydrogen-bond acceptors (Lipinski definition) is 4. The fourth-order valence-corrected chi connectivity index (χ4v) is 3.03. The third kappa shape index (κ3) is 4.09. The highest BCUT2D eigenvalue weighted by atomic mass is 16.5. The number of carbonyl (C=O) groups excluding carboxylic acids is 1. The minimum Gasteiger partial charge on any atom is -0.497 e.